The van der Waals surface area contributed by atoms with Crippen molar-refractivity contribution in [3.63, 3.8) is 0 Å². The van der Waals surface area contributed by atoms with Crippen molar-refractivity contribution in [2.24, 2.45) is 17.4 Å². The summed E-state index contributed by atoms with van der Waals surface area (Å²) in [5.41, 5.74) is 12.4. The van der Waals surface area contributed by atoms with Gasteiger partial charge in [0.15, 0.2) is 0 Å². The van der Waals surface area contributed by atoms with Gasteiger partial charge in [0, 0.05) is 35.8 Å². The van der Waals surface area contributed by atoms with Crippen LogP contribution in [-0.2, 0) is 6.42 Å². The largest absolute Gasteiger partial charge is 0.403 e. The highest BCUT2D eigenvalue weighted by molar-refractivity contribution is 7.97. The van der Waals surface area contributed by atoms with E-state index in [2.05, 4.69) is 34.3 Å². The van der Waals surface area contributed by atoms with Crippen LogP contribution in [0.4, 0.5) is 4.39 Å². The second-order valence-corrected chi connectivity index (χ2v) is 7.11. The first-order valence-electron chi connectivity index (χ1n) is 8.47. The highest BCUT2D eigenvalue weighted by Gasteiger charge is 2.20. The number of halogens is 1. The molecule has 0 aromatic heterocycles. The second kappa shape index (κ2) is 12.2. The lowest BCUT2D eigenvalue weighted by atomic mass is 10.0. The summed E-state index contributed by atoms with van der Waals surface area (Å²) in [6.07, 6.45) is 5.69. The van der Waals surface area contributed by atoms with Crippen LogP contribution in [0.5, 0.6) is 0 Å². The van der Waals surface area contributed by atoms with Gasteiger partial charge in [-0.1, -0.05) is 19.1 Å². The highest BCUT2D eigenvalue weighted by atomic mass is 32.2. The Bertz CT molecular complexity index is 474. The molecule has 0 unspecified atom stereocenters. The lowest BCUT2D eigenvalue weighted by Gasteiger charge is -2.07. The maximum absolute atomic E-state index is 12.4. The van der Waals surface area contributed by atoms with Crippen molar-refractivity contribution in [2.45, 2.75) is 43.5 Å². The van der Waals surface area contributed by atoms with Crippen molar-refractivity contribution in [3.8, 4) is 0 Å². The zero-order chi connectivity index (χ0) is 17.8. The van der Waals surface area contributed by atoms with Crippen LogP contribution in [-0.4, -0.2) is 26.3 Å². The van der Waals surface area contributed by atoms with E-state index in [9.17, 15) is 4.39 Å². The molecular weight excluding hydrogens is 323 g/mol. The number of alkyl halides is 1. The van der Waals surface area contributed by atoms with Crippen LogP contribution >= 0.6 is 11.9 Å². The number of hydrogen-bond donors (Lipinski definition) is 4. The van der Waals surface area contributed by atoms with Gasteiger partial charge < -0.3 is 16.8 Å². The first kappa shape index (κ1) is 20.8. The third kappa shape index (κ3) is 9.80. The van der Waals surface area contributed by atoms with Crippen LogP contribution in [0.15, 0.2) is 41.1 Å². The van der Waals surface area contributed by atoms with Crippen LogP contribution in [0.1, 0.15) is 31.7 Å². The molecule has 0 radical (unpaired) electrons. The molecule has 1 fully saturated rings. The van der Waals surface area contributed by atoms with E-state index in [1.54, 1.807) is 11.9 Å². The first-order valence-corrected chi connectivity index (χ1v) is 9.28. The standard InChI is InChI=1S/C13H18FNS.C5H13N3/c1-10(9-14)8-11-2-6-13(7-3-11)16-15-12-4-5-12;1-8-3-2-5(7)4-6/h2-3,6-7,10,12,15H,4-5,8-9H2,1H3;4,8H,2-3,6-7H2,1H3/b;5-4-/t10-;/m0./s1. The van der Waals surface area contributed by atoms with Crippen LogP contribution in [0.25, 0.3) is 0 Å². The monoisotopic (exact) mass is 354 g/mol. The van der Waals surface area contributed by atoms with Gasteiger partial charge in [0.05, 0.1) is 6.67 Å². The maximum atomic E-state index is 12.4. The SMILES string of the molecule is CNCC/C(N)=C/N.C[C@H](CF)Cc1ccc(SNC2CC2)cc1. The number of benzene rings is 1. The topological polar surface area (TPSA) is 76.1 Å². The minimum atomic E-state index is -0.236. The summed E-state index contributed by atoms with van der Waals surface area (Å²) in [6.45, 7) is 2.59. The summed E-state index contributed by atoms with van der Waals surface area (Å²) in [7, 11) is 1.88. The van der Waals surface area contributed by atoms with Gasteiger partial charge in [-0.15, -0.1) is 0 Å². The van der Waals surface area contributed by atoms with E-state index in [1.807, 2.05) is 14.0 Å². The molecular formula is C18H31FN4S. The van der Waals surface area contributed by atoms with Gasteiger partial charge in [-0.2, -0.15) is 0 Å². The average molecular weight is 355 g/mol. The molecule has 1 aromatic carbocycles. The van der Waals surface area contributed by atoms with Gasteiger partial charge in [0.2, 0.25) is 0 Å². The third-order valence-corrected chi connectivity index (χ3v) is 4.53. The normalized spacial score (nSPS) is 15.5. The number of hydrogen-bond acceptors (Lipinski definition) is 5. The second-order valence-electron chi connectivity index (χ2n) is 6.20. The predicted molar refractivity (Wildman–Crippen MR) is 102 cm³/mol. The van der Waals surface area contributed by atoms with Crippen molar-refractivity contribution >= 4 is 11.9 Å². The Labute approximate surface area is 149 Å². The molecule has 0 amide bonds. The van der Waals surface area contributed by atoms with Crippen LogP contribution in [0.2, 0.25) is 0 Å². The predicted octanol–water partition coefficient (Wildman–Crippen LogP) is 2.95. The molecule has 1 aromatic rings. The van der Waals surface area contributed by atoms with Crippen LogP contribution in [0, 0.1) is 5.92 Å². The molecule has 0 heterocycles. The minimum absolute atomic E-state index is 0.128. The summed E-state index contributed by atoms with van der Waals surface area (Å²) in [5.74, 6) is 0.128. The maximum Gasteiger partial charge on any atom is 0.0923 e. The van der Waals surface area contributed by atoms with Gasteiger partial charge in [0.1, 0.15) is 0 Å². The lowest BCUT2D eigenvalue weighted by Crippen LogP contribution is -2.12. The molecule has 24 heavy (non-hydrogen) atoms. The average Bonchev–Trinajstić information content (AvgIpc) is 3.44. The van der Waals surface area contributed by atoms with E-state index in [0.29, 0.717) is 0 Å². The van der Waals surface area contributed by atoms with E-state index in [1.165, 1.54) is 29.5 Å². The van der Waals surface area contributed by atoms with Crippen molar-refractivity contribution in [3.05, 3.63) is 41.7 Å². The van der Waals surface area contributed by atoms with Crippen molar-refractivity contribution < 1.29 is 4.39 Å². The summed E-state index contributed by atoms with van der Waals surface area (Å²) in [6, 6.07) is 9.14. The Kier molecular flexibility index (Phi) is 10.5. The Balaban J connectivity index is 0.000000307. The van der Waals surface area contributed by atoms with E-state index in [4.69, 9.17) is 11.5 Å². The first-order chi connectivity index (χ1) is 11.6. The van der Waals surface area contributed by atoms with E-state index < -0.39 is 0 Å². The molecule has 1 saturated carbocycles. The van der Waals surface area contributed by atoms with Gasteiger partial charge in [-0.25, -0.2) is 0 Å². The third-order valence-electron chi connectivity index (χ3n) is 3.57. The fraction of sp³-hybridized carbons (Fsp3) is 0.556. The van der Waals surface area contributed by atoms with Crippen LogP contribution in [0.3, 0.4) is 0 Å². The Morgan fingerprint density at radius 3 is 2.54 bits per heavy atom. The minimum Gasteiger partial charge on any atom is -0.403 e. The fourth-order valence-corrected chi connectivity index (χ4v) is 2.67. The van der Waals surface area contributed by atoms with E-state index in [-0.39, 0.29) is 12.6 Å². The molecule has 1 atom stereocenters. The fourth-order valence-electron chi connectivity index (χ4n) is 1.86. The highest BCUT2D eigenvalue weighted by Crippen LogP contribution is 2.25. The van der Waals surface area contributed by atoms with E-state index in [0.717, 1.165) is 31.1 Å². The molecule has 0 bridgehead atoms. The van der Waals surface area contributed by atoms with Crippen molar-refractivity contribution in [1.82, 2.24) is 10.0 Å². The molecule has 4 nitrogen and oxygen atoms in total. The Hall–Kier alpha value is -1.24. The molecule has 0 aliphatic heterocycles. The quantitative estimate of drug-likeness (QED) is 0.513. The smallest absolute Gasteiger partial charge is 0.0923 e. The van der Waals surface area contributed by atoms with Gasteiger partial charge >= 0.3 is 0 Å². The lowest BCUT2D eigenvalue weighted by molar-refractivity contribution is 0.381. The number of rotatable bonds is 9. The van der Waals surface area contributed by atoms with Crippen molar-refractivity contribution in [2.75, 3.05) is 20.3 Å². The molecule has 6 N–H and O–H groups in total. The number of nitrogens with one attached hydrogen (secondary N) is 2. The molecule has 1 aliphatic rings. The molecule has 2 rings (SSSR count). The Morgan fingerprint density at radius 2 is 2.04 bits per heavy atom. The molecule has 0 saturated heterocycles. The van der Waals surface area contributed by atoms with Gasteiger partial charge in [-0.05, 0) is 61.9 Å². The number of nitrogens with two attached hydrogens (primary N) is 2. The molecule has 1 aliphatic carbocycles. The van der Waals surface area contributed by atoms with Crippen LogP contribution < -0.4 is 21.5 Å². The summed E-state index contributed by atoms with van der Waals surface area (Å²) >= 11 is 1.70. The zero-order valence-corrected chi connectivity index (χ0v) is 15.5. The summed E-state index contributed by atoms with van der Waals surface area (Å²) in [5, 5.41) is 2.96. The van der Waals surface area contributed by atoms with E-state index >= 15 is 0 Å². The molecule has 6 heteroatoms. The zero-order valence-electron chi connectivity index (χ0n) is 14.7. The Morgan fingerprint density at radius 1 is 1.38 bits per heavy atom. The summed E-state index contributed by atoms with van der Waals surface area (Å²) < 4.78 is 15.8. The summed E-state index contributed by atoms with van der Waals surface area (Å²) in [4.78, 5) is 1.24. The van der Waals surface area contributed by atoms with Gasteiger partial charge in [-0.3, -0.25) is 9.11 Å². The molecule has 0 spiro atoms. The van der Waals surface area contributed by atoms with Crippen molar-refractivity contribution in [1.29, 1.82) is 0 Å². The van der Waals surface area contributed by atoms with Gasteiger partial charge in [0.25, 0.3) is 0 Å². The molecule has 136 valence electrons.